The third kappa shape index (κ3) is 3.05. The second-order valence-electron chi connectivity index (χ2n) is 3.40. The van der Waals surface area contributed by atoms with Gasteiger partial charge in [-0.15, -0.1) is 11.3 Å². The summed E-state index contributed by atoms with van der Waals surface area (Å²) in [7, 11) is 0. The minimum absolute atomic E-state index is 0.00178. The molecule has 1 aromatic carbocycles. The second-order valence-corrected chi connectivity index (χ2v) is 6.20. The normalized spacial score (nSPS) is 10.1. The van der Waals surface area contributed by atoms with E-state index in [-0.39, 0.29) is 11.6 Å². The van der Waals surface area contributed by atoms with E-state index < -0.39 is 4.92 Å². The Bertz CT molecular complexity index is 595. The van der Waals surface area contributed by atoms with Crippen LogP contribution in [0.5, 0.6) is 0 Å². The lowest BCUT2D eigenvalue weighted by Crippen LogP contribution is -2.10. The summed E-state index contributed by atoms with van der Waals surface area (Å²) in [6, 6.07) is 7.51. The number of amides is 1. The van der Waals surface area contributed by atoms with E-state index in [4.69, 9.17) is 0 Å². The summed E-state index contributed by atoms with van der Waals surface area (Å²) in [5.41, 5.74) is 1.12. The molecule has 0 saturated heterocycles. The third-order valence-electron chi connectivity index (χ3n) is 2.17. The smallest absolute Gasteiger partial charge is 0.269 e. The number of hydrogen-bond acceptors (Lipinski definition) is 4. The van der Waals surface area contributed by atoms with Crippen LogP contribution in [0, 0.1) is 13.0 Å². The molecule has 1 aromatic heterocycles. The molecule has 0 spiro atoms. The molecule has 2 aromatic rings. The first-order chi connectivity index (χ1) is 8.56. The van der Waals surface area contributed by atoms with Crippen molar-refractivity contribution in [1.29, 1.82) is 0 Å². The quantitative estimate of drug-likeness (QED) is 0.508. The van der Waals surface area contributed by atoms with E-state index in [1.165, 1.54) is 35.6 Å². The van der Waals surface area contributed by atoms with E-state index in [1.807, 2.05) is 0 Å². The molecule has 0 aliphatic rings. The highest BCUT2D eigenvalue weighted by atomic mass is 127. The minimum Gasteiger partial charge on any atom is -0.322 e. The number of benzene rings is 1. The van der Waals surface area contributed by atoms with Crippen LogP contribution in [0.3, 0.4) is 0 Å². The molecular weight excluding hydrogens is 367 g/mol. The number of nitro groups is 1. The molecule has 2 rings (SSSR count). The van der Waals surface area contributed by atoms with E-state index in [2.05, 4.69) is 27.9 Å². The number of non-ortho nitro benzene ring substituents is 1. The van der Waals surface area contributed by atoms with Crippen LogP contribution in [0.4, 0.5) is 11.4 Å². The molecule has 5 nitrogen and oxygen atoms in total. The Labute approximate surface area is 120 Å². The summed E-state index contributed by atoms with van der Waals surface area (Å²) in [5.74, 6) is -0.219. The number of thiophene rings is 1. The van der Waals surface area contributed by atoms with E-state index >= 15 is 0 Å². The molecule has 0 aliphatic carbocycles. The van der Waals surface area contributed by atoms with Gasteiger partial charge in [-0.1, -0.05) is 0 Å². The van der Waals surface area contributed by atoms with Gasteiger partial charge >= 0.3 is 0 Å². The van der Waals surface area contributed by atoms with Crippen molar-refractivity contribution in [1.82, 2.24) is 0 Å². The number of anilines is 1. The first kappa shape index (κ1) is 13.0. The Balaban J connectivity index is 2.10. The summed E-state index contributed by atoms with van der Waals surface area (Å²) in [6.45, 7) is 0. The highest BCUT2D eigenvalue weighted by Gasteiger charge is 2.09. The third-order valence-corrected chi connectivity index (χ3v) is 3.95. The fraction of sp³-hybridized carbons (Fsp3) is 0. The molecule has 1 amide bonds. The van der Waals surface area contributed by atoms with Gasteiger partial charge in [0.05, 0.1) is 13.4 Å². The van der Waals surface area contributed by atoms with E-state index in [0.29, 0.717) is 11.3 Å². The van der Waals surface area contributed by atoms with Crippen molar-refractivity contribution < 1.29 is 9.72 Å². The Morgan fingerprint density at radius 3 is 2.50 bits per heavy atom. The molecule has 0 radical (unpaired) electrons. The van der Waals surface area contributed by atoms with Gasteiger partial charge in [0.15, 0.2) is 0 Å². The zero-order valence-corrected chi connectivity index (χ0v) is 11.9. The molecule has 0 aliphatic heterocycles. The van der Waals surface area contributed by atoms with Crippen LogP contribution in [-0.2, 0) is 0 Å². The van der Waals surface area contributed by atoms with Crippen molar-refractivity contribution in [2.24, 2.45) is 0 Å². The number of carbonyl (C=O) groups excluding carboxylic acids is 1. The van der Waals surface area contributed by atoms with E-state index in [0.717, 1.165) is 2.88 Å². The summed E-state index contributed by atoms with van der Waals surface area (Å²) in [6.07, 6.45) is 0. The summed E-state index contributed by atoms with van der Waals surface area (Å²) in [5, 5.41) is 14.9. The average Bonchev–Trinajstić information content (AvgIpc) is 2.76. The van der Waals surface area contributed by atoms with Gasteiger partial charge in [0.25, 0.3) is 11.6 Å². The average molecular weight is 374 g/mol. The van der Waals surface area contributed by atoms with E-state index in [1.54, 1.807) is 11.4 Å². The summed E-state index contributed by atoms with van der Waals surface area (Å²) >= 11 is 3.63. The number of carbonyl (C=O) groups is 1. The zero-order chi connectivity index (χ0) is 13.1. The van der Waals surface area contributed by atoms with Gasteiger partial charge in [-0.3, -0.25) is 14.9 Å². The van der Waals surface area contributed by atoms with Crippen molar-refractivity contribution >= 4 is 51.2 Å². The van der Waals surface area contributed by atoms with Crippen molar-refractivity contribution in [2.75, 3.05) is 5.32 Å². The molecule has 1 heterocycles. The Hall–Kier alpha value is -1.48. The number of nitro benzene ring substituents is 1. The molecule has 0 fully saturated rings. The van der Waals surface area contributed by atoms with Gasteiger partial charge in [-0.2, -0.15) is 0 Å². The number of hydrogen-bond donors (Lipinski definition) is 1. The monoisotopic (exact) mass is 374 g/mol. The predicted molar refractivity (Wildman–Crippen MR) is 78.1 cm³/mol. The lowest BCUT2D eigenvalue weighted by Gasteiger charge is -2.02. The number of nitrogens with zero attached hydrogens (tertiary/aromatic N) is 1. The molecule has 0 bridgehead atoms. The van der Waals surface area contributed by atoms with Gasteiger partial charge in [0.1, 0.15) is 0 Å². The van der Waals surface area contributed by atoms with Gasteiger partial charge in [0, 0.05) is 23.2 Å². The van der Waals surface area contributed by atoms with Gasteiger partial charge in [-0.05, 0) is 40.8 Å². The molecule has 7 heteroatoms. The molecule has 92 valence electrons. The lowest BCUT2D eigenvalue weighted by atomic mass is 10.2. The molecule has 0 saturated carbocycles. The SMILES string of the molecule is O=C(Nc1ccc([N+](=O)[O-])cc1)c1csc(I)c1. The highest BCUT2D eigenvalue weighted by molar-refractivity contribution is 14.1. The molecule has 1 N–H and O–H groups in total. The van der Waals surface area contributed by atoms with Crippen molar-refractivity contribution in [3.63, 3.8) is 0 Å². The first-order valence-electron chi connectivity index (χ1n) is 4.86. The largest absolute Gasteiger partial charge is 0.322 e. The fourth-order valence-electron chi connectivity index (χ4n) is 1.30. The predicted octanol–water partition coefficient (Wildman–Crippen LogP) is 3.51. The van der Waals surface area contributed by atoms with Gasteiger partial charge < -0.3 is 5.32 Å². The zero-order valence-electron chi connectivity index (χ0n) is 8.92. The molecule has 0 atom stereocenters. The van der Waals surface area contributed by atoms with E-state index in [9.17, 15) is 14.9 Å². The highest BCUT2D eigenvalue weighted by Crippen LogP contribution is 2.19. The molecular formula is C11H7IN2O3S. The topological polar surface area (TPSA) is 72.2 Å². The summed E-state index contributed by atoms with van der Waals surface area (Å²) in [4.78, 5) is 21.8. The number of rotatable bonds is 3. The molecule has 0 unspecified atom stereocenters. The van der Waals surface area contributed by atoms with Crippen molar-refractivity contribution in [3.05, 3.63) is 54.3 Å². The van der Waals surface area contributed by atoms with Crippen molar-refractivity contribution in [2.45, 2.75) is 0 Å². The van der Waals surface area contributed by atoms with Crippen LogP contribution < -0.4 is 5.32 Å². The maximum Gasteiger partial charge on any atom is 0.269 e. The maximum atomic E-state index is 11.8. The van der Waals surface area contributed by atoms with Gasteiger partial charge in [-0.25, -0.2) is 0 Å². The maximum absolute atomic E-state index is 11.8. The Kier molecular flexibility index (Phi) is 3.92. The van der Waals surface area contributed by atoms with Crippen LogP contribution in [0.25, 0.3) is 0 Å². The Morgan fingerprint density at radius 1 is 1.33 bits per heavy atom. The fourth-order valence-corrected chi connectivity index (χ4v) is 2.63. The van der Waals surface area contributed by atoms with Crippen molar-refractivity contribution in [3.8, 4) is 0 Å². The molecule has 18 heavy (non-hydrogen) atoms. The first-order valence-corrected chi connectivity index (χ1v) is 6.82. The van der Waals surface area contributed by atoms with Crippen LogP contribution >= 0.6 is 33.9 Å². The number of halogens is 1. The summed E-state index contributed by atoms with van der Waals surface area (Å²) < 4.78 is 1.03. The second kappa shape index (κ2) is 5.44. The lowest BCUT2D eigenvalue weighted by molar-refractivity contribution is -0.384. The minimum atomic E-state index is -0.479. The Morgan fingerprint density at radius 2 is 2.00 bits per heavy atom. The van der Waals surface area contributed by atoms with Crippen LogP contribution in [0.2, 0.25) is 0 Å². The number of nitrogens with one attached hydrogen (secondary N) is 1. The standard InChI is InChI=1S/C11H7IN2O3S/c12-10-5-7(6-18-10)11(15)13-8-1-3-9(4-2-8)14(16)17/h1-6H,(H,13,15). The van der Waals surface area contributed by atoms with Crippen LogP contribution in [-0.4, -0.2) is 10.8 Å². The van der Waals surface area contributed by atoms with Crippen LogP contribution in [0.1, 0.15) is 10.4 Å². The van der Waals surface area contributed by atoms with Crippen LogP contribution in [0.15, 0.2) is 35.7 Å². The van der Waals surface area contributed by atoms with Gasteiger partial charge in [0.2, 0.25) is 0 Å².